The summed E-state index contributed by atoms with van der Waals surface area (Å²) in [7, 11) is 1.96. The number of rotatable bonds is 6. The van der Waals surface area contributed by atoms with Crippen LogP contribution in [0.4, 0.5) is 4.39 Å². The summed E-state index contributed by atoms with van der Waals surface area (Å²) in [5, 5.41) is 14.5. The molecule has 0 bridgehead atoms. The van der Waals surface area contributed by atoms with E-state index in [-0.39, 0.29) is 11.9 Å². The topological polar surface area (TPSA) is 54.2 Å². The molecule has 2 aromatic carbocycles. The van der Waals surface area contributed by atoms with Crippen molar-refractivity contribution in [3.05, 3.63) is 78.1 Å². The van der Waals surface area contributed by atoms with E-state index in [1.54, 1.807) is 23.1 Å². The SMILES string of the molecule is CC(c1ccc(-n2cncn2)cc1)N(C)CC(O)c1ccc(F)cc1. The van der Waals surface area contributed by atoms with E-state index in [9.17, 15) is 9.50 Å². The molecule has 0 saturated heterocycles. The van der Waals surface area contributed by atoms with Gasteiger partial charge in [-0.25, -0.2) is 14.1 Å². The molecule has 0 saturated carbocycles. The number of halogens is 1. The van der Waals surface area contributed by atoms with Crippen LogP contribution >= 0.6 is 0 Å². The molecule has 3 rings (SSSR count). The number of hydrogen-bond donors (Lipinski definition) is 1. The maximum atomic E-state index is 13.0. The van der Waals surface area contributed by atoms with Crippen LogP contribution in [0.3, 0.4) is 0 Å². The van der Waals surface area contributed by atoms with Crippen LogP contribution in [0.1, 0.15) is 30.2 Å². The van der Waals surface area contributed by atoms with Crippen LogP contribution in [0.2, 0.25) is 0 Å². The molecule has 1 aromatic heterocycles. The van der Waals surface area contributed by atoms with Crippen molar-refractivity contribution in [3.8, 4) is 5.69 Å². The zero-order valence-electron chi connectivity index (χ0n) is 14.2. The molecule has 0 aliphatic heterocycles. The fourth-order valence-electron chi connectivity index (χ4n) is 2.72. The number of benzene rings is 2. The number of likely N-dealkylation sites (N-methyl/N-ethyl adjacent to an activating group) is 1. The Hall–Kier alpha value is -2.57. The first-order valence-corrected chi connectivity index (χ1v) is 8.13. The maximum Gasteiger partial charge on any atom is 0.138 e. The van der Waals surface area contributed by atoms with Crippen molar-refractivity contribution in [1.82, 2.24) is 19.7 Å². The maximum absolute atomic E-state index is 13.0. The van der Waals surface area contributed by atoms with Gasteiger partial charge in [0.25, 0.3) is 0 Å². The Kier molecular flexibility index (Phi) is 5.21. The standard InChI is InChI=1S/C19H21FN4O/c1-14(15-5-9-18(10-6-15)24-13-21-12-22-24)23(2)11-19(25)16-3-7-17(20)8-4-16/h3-10,12-14,19,25H,11H2,1-2H3. The van der Waals surface area contributed by atoms with Crippen molar-refractivity contribution < 1.29 is 9.50 Å². The molecule has 2 atom stereocenters. The van der Waals surface area contributed by atoms with Crippen molar-refractivity contribution in [3.63, 3.8) is 0 Å². The molecule has 0 amide bonds. The van der Waals surface area contributed by atoms with E-state index >= 15 is 0 Å². The molecule has 1 N–H and O–H groups in total. The Morgan fingerprint density at radius 1 is 1.08 bits per heavy atom. The largest absolute Gasteiger partial charge is 0.387 e. The minimum atomic E-state index is -0.664. The lowest BCUT2D eigenvalue weighted by Gasteiger charge is -2.27. The molecule has 25 heavy (non-hydrogen) atoms. The van der Waals surface area contributed by atoms with Gasteiger partial charge in [-0.1, -0.05) is 24.3 Å². The molecular weight excluding hydrogens is 319 g/mol. The molecule has 130 valence electrons. The summed E-state index contributed by atoms with van der Waals surface area (Å²) in [5.74, 6) is -0.301. The van der Waals surface area contributed by atoms with E-state index in [4.69, 9.17) is 0 Å². The number of aliphatic hydroxyl groups is 1. The van der Waals surface area contributed by atoms with Crippen molar-refractivity contribution in [2.45, 2.75) is 19.1 Å². The first-order valence-electron chi connectivity index (χ1n) is 8.13. The van der Waals surface area contributed by atoms with Gasteiger partial charge in [-0.05, 0) is 49.4 Å². The predicted octanol–water partition coefficient (Wildman–Crippen LogP) is 3.13. The molecule has 0 radical (unpaired) electrons. The lowest BCUT2D eigenvalue weighted by molar-refractivity contribution is 0.108. The monoisotopic (exact) mass is 340 g/mol. The van der Waals surface area contributed by atoms with E-state index in [2.05, 4.69) is 21.9 Å². The second kappa shape index (κ2) is 7.55. The number of aromatic nitrogens is 3. The highest BCUT2D eigenvalue weighted by atomic mass is 19.1. The molecule has 0 spiro atoms. The van der Waals surface area contributed by atoms with Gasteiger partial charge in [-0.2, -0.15) is 5.10 Å². The number of hydrogen-bond acceptors (Lipinski definition) is 4. The van der Waals surface area contributed by atoms with Gasteiger partial charge in [0.05, 0.1) is 11.8 Å². The lowest BCUT2D eigenvalue weighted by Crippen LogP contribution is -2.27. The van der Waals surface area contributed by atoms with Crippen LogP contribution in [-0.2, 0) is 0 Å². The van der Waals surface area contributed by atoms with Crippen molar-refractivity contribution in [2.75, 3.05) is 13.6 Å². The van der Waals surface area contributed by atoms with Crippen LogP contribution in [0, 0.1) is 5.82 Å². The Balaban J connectivity index is 1.65. The van der Waals surface area contributed by atoms with E-state index in [0.29, 0.717) is 12.1 Å². The highest BCUT2D eigenvalue weighted by molar-refractivity contribution is 5.34. The van der Waals surface area contributed by atoms with Crippen LogP contribution < -0.4 is 0 Å². The molecule has 2 unspecified atom stereocenters. The van der Waals surface area contributed by atoms with Gasteiger partial charge in [-0.15, -0.1) is 0 Å². The normalized spacial score (nSPS) is 13.8. The summed E-state index contributed by atoms with van der Waals surface area (Å²) in [4.78, 5) is 6.01. The molecule has 6 heteroatoms. The van der Waals surface area contributed by atoms with Gasteiger partial charge in [-0.3, -0.25) is 4.90 Å². The van der Waals surface area contributed by atoms with Gasteiger partial charge in [0.1, 0.15) is 18.5 Å². The Labute approximate surface area is 146 Å². The molecule has 3 aromatic rings. The Morgan fingerprint density at radius 3 is 2.32 bits per heavy atom. The minimum absolute atomic E-state index is 0.125. The summed E-state index contributed by atoms with van der Waals surface area (Å²) in [6, 6.07) is 14.2. The summed E-state index contributed by atoms with van der Waals surface area (Å²) < 4.78 is 14.7. The number of aliphatic hydroxyl groups excluding tert-OH is 1. The van der Waals surface area contributed by atoms with Crippen LogP contribution in [-0.4, -0.2) is 38.4 Å². The van der Waals surface area contributed by atoms with Gasteiger partial charge in [0, 0.05) is 12.6 Å². The average molecular weight is 340 g/mol. The molecule has 0 aliphatic rings. The fraction of sp³-hybridized carbons (Fsp3) is 0.263. The van der Waals surface area contributed by atoms with E-state index in [1.807, 2.05) is 31.3 Å². The third-order valence-electron chi connectivity index (χ3n) is 4.44. The quantitative estimate of drug-likeness (QED) is 0.749. The third kappa shape index (κ3) is 4.10. The molecule has 5 nitrogen and oxygen atoms in total. The Morgan fingerprint density at radius 2 is 1.72 bits per heavy atom. The van der Waals surface area contributed by atoms with Crippen LogP contribution in [0.15, 0.2) is 61.2 Å². The molecular formula is C19H21FN4O. The first-order chi connectivity index (χ1) is 12.0. The van der Waals surface area contributed by atoms with Gasteiger partial charge >= 0.3 is 0 Å². The van der Waals surface area contributed by atoms with Crippen molar-refractivity contribution in [1.29, 1.82) is 0 Å². The number of nitrogens with zero attached hydrogens (tertiary/aromatic N) is 4. The second-order valence-corrected chi connectivity index (χ2v) is 6.11. The van der Waals surface area contributed by atoms with Gasteiger partial charge < -0.3 is 5.11 Å². The van der Waals surface area contributed by atoms with Crippen LogP contribution in [0.25, 0.3) is 5.69 Å². The lowest BCUT2D eigenvalue weighted by atomic mass is 10.0. The summed E-state index contributed by atoms with van der Waals surface area (Å²) in [5.41, 5.74) is 2.79. The van der Waals surface area contributed by atoms with Crippen LogP contribution in [0.5, 0.6) is 0 Å². The molecule has 0 fully saturated rings. The first kappa shape index (κ1) is 17.3. The fourth-order valence-corrected chi connectivity index (χ4v) is 2.72. The Bertz CT molecular complexity index is 787. The smallest absolute Gasteiger partial charge is 0.138 e. The minimum Gasteiger partial charge on any atom is -0.387 e. The predicted molar refractivity (Wildman–Crippen MR) is 93.8 cm³/mol. The summed E-state index contributed by atoms with van der Waals surface area (Å²) in [6.07, 6.45) is 2.49. The second-order valence-electron chi connectivity index (χ2n) is 6.11. The van der Waals surface area contributed by atoms with Crippen molar-refractivity contribution in [2.24, 2.45) is 0 Å². The van der Waals surface area contributed by atoms with E-state index < -0.39 is 6.10 Å². The summed E-state index contributed by atoms with van der Waals surface area (Å²) >= 11 is 0. The third-order valence-corrected chi connectivity index (χ3v) is 4.44. The van der Waals surface area contributed by atoms with Gasteiger partial charge in [0.15, 0.2) is 0 Å². The zero-order valence-corrected chi connectivity index (χ0v) is 14.2. The van der Waals surface area contributed by atoms with E-state index in [0.717, 1.165) is 11.3 Å². The molecule has 1 heterocycles. The summed E-state index contributed by atoms with van der Waals surface area (Å²) in [6.45, 7) is 2.54. The average Bonchev–Trinajstić information content (AvgIpc) is 3.16. The van der Waals surface area contributed by atoms with E-state index in [1.165, 1.54) is 18.5 Å². The zero-order chi connectivity index (χ0) is 17.8. The molecule has 0 aliphatic carbocycles. The highest BCUT2D eigenvalue weighted by Gasteiger charge is 2.17. The highest BCUT2D eigenvalue weighted by Crippen LogP contribution is 2.23. The van der Waals surface area contributed by atoms with Gasteiger partial charge in [0.2, 0.25) is 0 Å². The van der Waals surface area contributed by atoms with Crippen molar-refractivity contribution >= 4 is 0 Å².